The van der Waals surface area contributed by atoms with Crippen molar-refractivity contribution in [3.63, 3.8) is 0 Å². The van der Waals surface area contributed by atoms with Crippen molar-refractivity contribution in [3.05, 3.63) is 67.7 Å². The van der Waals surface area contributed by atoms with Gasteiger partial charge in [-0.25, -0.2) is 0 Å². The van der Waals surface area contributed by atoms with Gasteiger partial charge in [-0.3, -0.25) is 14.7 Å². The van der Waals surface area contributed by atoms with Crippen LogP contribution in [0.25, 0.3) is 0 Å². The smallest absolute Gasteiger partial charge is 0.305 e. The normalized spacial score (nSPS) is 10.3. The van der Waals surface area contributed by atoms with Crippen molar-refractivity contribution in [3.8, 4) is 0 Å². The molecular formula is C12H12N2O2. The van der Waals surface area contributed by atoms with E-state index >= 15 is 0 Å². The van der Waals surface area contributed by atoms with E-state index in [-0.39, 0.29) is 0 Å². The molecule has 0 spiro atoms. The molecular weight excluding hydrogens is 204 g/mol. The summed E-state index contributed by atoms with van der Waals surface area (Å²) in [5.74, 6) is 0. The molecule has 0 unspecified atom stereocenters. The summed E-state index contributed by atoms with van der Waals surface area (Å²) in [6.45, 7) is 1.99. The minimum absolute atomic E-state index is 0.472. The van der Waals surface area contributed by atoms with E-state index < -0.39 is 11.0 Å². The number of aromatic amines is 2. The van der Waals surface area contributed by atoms with Gasteiger partial charge in [0, 0.05) is 18.2 Å². The van der Waals surface area contributed by atoms with Crippen molar-refractivity contribution in [1.29, 1.82) is 0 Å². The van der Waals surface area contributed by atoms with Crippen LogP contribution in [0.5, 0.6) is 0 Å². The Labute approximate surface area is 91.9 Å². The zero-order valence-electron chi connectivity index (χ0n) is 8.91. The molecule has 4 nitrogen and oxygen atoms in total. The molecule has 0 radical (unpaired) electrons. The van der Waals surface area contributed by atoms with Crippen LogP contribution in [0.2, 0.25) is 0 Å². The average Bonchev–Trinajstić information content (AvgIpc) is 2.25. The van der Waals surface area contributed by atoms with E-state index in [1.807, 2.05) is 31.2 Å². The second kappa shape index (κ2) is 4.18. The fourth-order valence-electron chi connectivity index (χ4n) is 1.63. The zero-order valence-corrected chi connectivity index (χ0v) is 8.91. The van der Waals surface area contributed by atoms with Crippen LogP contribution in [0.4, 0.5) is 0 Å². The van der Waals surface area contributed by atoms with Gasteiger partial charge in [0.2, 0.25) is 5.43 Å². The fourth-order valence-corrected chi connectivity index (χ4v) is 1.63. The van der Waals surface area contributed by atoms with Crippen molar-refractivity contribution in [2.45, 2.75) is 13.3 Å². The summed E-state index contributed by atoms with van der Waals surface area (Å²) in [7, 11) is 0. The Kier molecular flexibility index (Phi) is 2.72. The third-order valence-electron chi connectivity index (χ3n) is 2.41. The van der Waals surface area contributed by atoms with Crippen LogP contribution < -0.4 is 11.0 Å². The average molecular weight is 216 g/mol. The lowest BCUT2D eigenvalue weighted by atomic mass is 10.0. The maximum absolute atomic E-state index is 11.5. The summed E-state index contributed by atoms with van der Waals surface area (Å²) in [5.41, 5.74) is 1.56. The topological polar surface area (TPSA) is 65.7 Å². The summed E-state index contributed by atoms with van der Waals surface area (Å²) < 4.78 is 0. The monoisotopic (exact) mass is 216 g/mol. The summed E-state index contributed by atoms with van der Waals surface area (Å²) in [5, 5.41) is 4.81. The number of rotatable bonds is 2. The molecule has 0 aliphatic rings. The zero-order chi connectivity index (χ0) is 11.5. The molecule has 0 amide bonds. The van der Waals surface area contributed by atoms with E-state index in [1.165, 1.54) is 6.20 Å². The summed E-state index contributed by atoms with van der Waals surface area (Å²) in [4.78, 5) is 22.6. The first kappa shape index (κ1) is 10.4. The van der Waals surface area contributed by atoms with Gasteiger partial charge in [-0.2, -0.15) is 0 Å². The minimum Gasteiger partial charge on any atom is -0.305 e. The molecule has 2 aromatic rings. The van der Waals surface area contributed by atoms with Gasteiger partial charge in [-0.1, -0.05) is 29.8 Å². The van der Waals surface area contributed by atoms with Crippen LogP contribution in [0, 0.1) is 6.92 Å². The number of nitrogens with one attached hydrogen (secondary N) is 2. The first-order valence-corrected chi connectivity index (χ1v) is 5.01. The van der Waals surface area contributed by atoms with Crippen molar-refractivity contribution < 1.29 is 0 Å². The molecule has 0 saturated carbocycles. The van der Waals surface area contributed by atoms with Gasteiger partial charge in [-0.05, 0) is 12.5 Å². The van der Waals surface area contributed by atoms with E-state index in [1.54, 1.807) is 0 Å². The van der Waals surface area contributed by atoms with Crippen LogP contribution in [0.15, 0.2) is 40.1 Å². The van der Waals surface area contributed by atoms with Gasteiger partial charge in [0.15, 0.2) is 0 Å². The number of hydrogen-bond acceptors (Lipinski definition) is 2. The van der Waals surface area contributed by atoms with Gasteiger partial charge in [0.1, 0.15) is 0 Å². The Morgan fingerprint density at radius 2 is 2.06 bits per heavy atom. The standard InChI is InChI=1S/C12H12N2O2/c1-8-3-2-4-9(5-8)6-10-7-13-14-12(16)11(10)15/h2-5,7H,6H2,1H3,(H,13,15)(H,14,16). The maximum Gasteiger partial charge on any atom is 0.310 e. The molecule has 82 valence electrons. The molecule has 2 N–H and O–H groups in total. The maximum atomic E-state index is 11.5. The SMILES string of the molecule is Cc1cccc(Cc2c[nH][nH]c(=O)c2=O)c1. The molecule has 16 heavy (non-hydrogen) atoms. The molecule has 0 aliphatic heterocycles. The Morgan fingerprint density at radius 3 is 2.81 bits per heavy atom. The molecule has 0 fully saturated rings. The second-order valence-electron chi connectivity index (χ2n) is 3.76. The number of aromatic nitrogens is 2. The van der Waals surface area contributed by atoms with Crippen molar-refractivity contribution in [1.82, 2.24) is 10.2 Å². The Bertz CT molecular complexity index is 611. The number of H-pyrrole nitrogens is 2. The molecule has 1 heterocycles. The first-order valence-electron chi connectivity index (χ1n) is 5.01. The highest BCUT2D eigenvalue weighted by molar-refractivity contribution is 5.27. The van der Waals surface area contributed by atoms with E-state index in [0.717, 1.165) is 11.1 Å². The molecule has 1 aromatic heterocycles. The third kappa shape index (κ3) is 2.11. The van der Waals surface area contributed by atoms with Crippen molar-refractivity contribution in [2.24, 2.45) is 0 Å². The predicted molar refractivity (Wildman–Crippen MR) is 61.7 cm³/mol. The van der Waals surface area contributed by atoms with Crippen LogP contribution in [-0.4, -0.2) is 10.2 Å². The van der Waals surface area contributed by atoms with Crippen LogP contribution in [0.3, 0.4) is 0 Å². The lowest BCUT2D eigenvalue weighted by molar-refractivity contribution is 0.936. The number of aryl methyl sites for hydroxylation is 1. The molecule has 0 aliphatic carbocycles. The van der Waals surface area contributed by atoms with Crippen molar-refractivity contribution in [2.75, 3.05) is 0 Å². The lowest BCUT2D eigenvalue weighted by Crippen LogP contribution is -2.30. The van der Waals surface area contributed by atoms with Gasteiger partial charge < -0.3 is 5.10 Å². The quantitative estimate of drug-likeness (QED) is 0.734. The minimum atomic E-state index is -0.606. The van der Waals surface area contributed by atoms with Crippen LogP contribution >= 0.6 is 0 Å². The molecule has 1 aromatic carbocycles. The van der Waals surface area contributed by atoms with E-state index in [9.17, 15) is 9.59 Å². The largest absolute Gasteiger partial charge is 0.310 e. The molecule has 0 bridgehead atoms. The van der Waals surface area contributed by atoms with E-state index in [0.29, 0.717) is 12.0 Å². The van der Waals surface area contributed by atoms with Gasteiger partial charge >= 0.3 is 5.56 Å². The van der Waals surface area contributed by atoms with Gasteiger partial charge in [-0.15, -0.1) is 0 Å². The Morgan fingerprint density at radius 1 is 1.25 bits per heavy atom. The van der Waals surface area contributed by atoms with Crippen LogP contribution in [0.1, 0.15) is 16.7 Å². The van der Waals surface area contributed by atoms with E-state index in [4.69, 9.17) is 0 Å². The van der Waals surface area contributed by atoms with E-state index in [2.05, 4.69) is 10.2 Å². The first-order chi connectivity index (χ1) is 7.66. The summed E-state index contributed by atoms with van der Waals surface area (Å²) in [6.07, 6.45) is 2.01. The predicted octanol–water partition coefficient (Wildman–Crippen LogP) is 0.962. The fraction of sp³-hybridized carbons (Fsp3) is 0.167. The molecule has 2 rings (SSSR count). The molecule has 4 heteroatoms. The number of benzene rings is 1. The Balaban J connectivity index is 2.38. The van der Waals surface area contributed by atoms with Gasteiger partial charge in [0.25, 0.3) is 0 Å². The van der Waals surface area contributed by atoms with Crippen LogP contribution in [-0.2, 0) is 6.42 Å². The lowest BCUT2D eigenvalue weighted by Gasteiger charge is -2.01. The van der Waals surface area contributed by atoms with Gasteiger partial charge in [0.05, 0.1) is 0 Å². The second-order valence-corrected chi connectivity index (χ2v) is 3.76. The summed E-state index contributed by atoms with van der Waals surface area (Å²) in [6, 6.07) is 7.87. The Hall–Kier alpha value is -2.10. The third-order valence-corrected chi connectivity index (χ3v) is 2.41. The highest BCUT2D eigenvalue weighted by Gasteiger charge is 2.03. The molecule has 0 atom stereocenters. The summed E-state index contributed by atoms with van der Waals surface area (Å²) >= 11 is 0. The highest BCUT2D eigenvalue weighted by Crippen LogP contribution is 2.07. The number of hydrogen-bond donors (Lipinski definition) is 2. The van der Waals surface area contributed by atoms with Crippen molar-refractivity contribution >= 4 is 0 Å². The highest BCUT2D eigenvalue weighted by atomic mass is 16.2. The molecule has 0 saturated heterocycles.